The molecule has 6 nitrogen and oxygen atoms in total. The number of nitrogens with one attached hydrogen (secondary N) is 2. The number of sulfonamides is 1. The first-order valence-corrected chi connectivity index (χ1v) is 11.9. The van der Waals surface area contributed by atoms with E-state index in [1.54, 1.807) is 4.31 Å². The molecule has 1 amide bonds. The molecule has 1 aliphatic rings. The van der Waals surface area contributed by atoms with Crippen LogP contribution in [0.2, 0.25) is 0 Å². The summed E-state index contributed by atoms with van der Waals surface area (Å²) in [5.41, 5.74) is 4.91. The predicted molar refractivity (Wildman–Crippen MR) is 118 cm³/mol. The summed E-state index contributed by atoms with van der Waals surface area (Å²) in [6.45, 7) is 10.7. The van der Waals surface area contributed by atoms with Gasteiger partial charge in [0.1, 0.15) is 0 Å². The van der Waals surface area contributed by atoms with Crippen LogP contribution in [0.1, 0.15) is 27.8 Å². The number of carbonyl (C=O) groups excluding carboxylic acids is 1. The molecule has 162 valence electrons. The molecule has 7 heteroatoms. The second kappa shape index (κ2) is 9.29. The Morgan fingerprint density at radius 2 is 1.60 bits per heavy atom. The molecule has 2 aromatic carbocycles. The van der Waals surface area contributed by atoms with E-state index in [2.05, 4.69) is 5.32 Å². The molecule has 3 rings (SSSR count). The Balaban J connectivity index is 1.56. The number of aryl methyl sites for hydroxylation is 4. The Kier molecular flexibility index (Phi) is 6.95. The molecule has 0 atom stereocenters. The zero-order chi connectivity index (χ0) is 21.9. The molecule has 30 heavy (non-hydrogen) atoms. The fourth-order valence-corrected chi connectivity index (χ4v) is 6.07. The van der Waals surface area contributed by atoms with E-state index in [1.165, 1.54) is 0 Å². The highest BCUT2D eigenvalue weighted by Gasteiger charge is 2.33. The van der Waals surface area contributed by atoms with Gasteiger partial charge in [0.25, 0.3) is 5.91 Å². The molecule has 0 unspecified atom stereocenters. The number of hydrogen-bond donors (Lipinski definition) is 2. The highest BCUT2D eigenvalue weighted by atomic mass is 32.2. The average Bonchev–Trinajstić information content (AvgIpc) is 2.67. The molecular formula is C23H32N3O3S+. The van der Waals surface area contributed by atoms with Crippen LogP contribution in [0.3, 0.4) is 0 Å². The van der Waals surface area contributed by atoms with Crippen molar-refractivity contribution in [2.45, 2.75) is 39.1 Å². The van der Waals surface area contributed by atoms with E-state index in [-0.39, 0.29) is 5.91 Å². The molecule has 1 heterocycles. The Labute approximate surface area is 179 Å². The van der Waals surface area contributed by atoms with Gasteiger partial charge >= 0.3 is 0 Å². The maximum Gasteiger partial charge on any atom is 0.275 e. The maximum absolute atomic E-state index is 13.2. The summed E-state index contributed by atoms with van der Waals surface area (Å²) in [4.78, 5) is 13.9. The van der Waals surface area contributed by atoms with Gasteiger partial charge in [-0.25, -0.2) is 8.42 Å². The van der Waals surface area contributed by atoms with Crippen LogP contribution in [-0.4, -0.2) is 51.4 Å². The smallest absolute Gasteiger partial charge is 0.275 e. The standard InChI is InChI=1S/C23H31N3O3S/c1-17-13-19(3)23(20(4)14-17)30(28,29)26-11-9-25(10-12-26)16-22(27)24-15-21-8-6-5-7-18(21)2/h5-8,13-14H,9-12,15-16H2,1-4H3,(H,24,27)/p+1. The van der Waals surface area contributed by atoms with Crippen molar-refractivity contribution in [3.05, 3.63) is 64.2 Å². The lowest BCUT2D eigenvalue weighted by Gasteiger charge is -2.32. The minimum Gasteiger partial charge on any atom is -0.347 e. The molecule has 0 aromatic heterocycles. The lowest BCUT2D eigenvalue weighted by atomic mass is 10.1. The fraction of sp³-hybridized carbons (Fsp3) is 0.435. The summed E-state index contributed by atoms with van der Waals surface area (Å²) < 4.78 is 28.0. The van der Waals surface area contributed by atoms with Crippen LogP contribution >= 0.6 is 0 Å². The van der Waals surface area contributed by atoms with Crippen molar-refractivity contribution in [2.24, 2.45) is 0 Å². The van der Waals surface area contributed by atoms with E-state index in [1.807, 2.05) is 64.1 Å². The molecule has 1 aliphatic heterocycles. The van der Waals surface area contributed by atoms with Gasteiger partial charge in [0, 0.05) is 6.54 Å². The van der Waals surface area contributed by atoms with Crippen molar-refractivity contribution in [3.63, 3.8) is 0 Å². The van der Waals surface area contributed by atoms with Crippen LogP contribution in [0.15, 0.2) is 41.3 Å². The van der Waals surface area contributed by atoms with E-state index in [0.717, 1.165) is 32.7 Å². The number of benzene rings is 2. The van der Waals surface area contributed by atoms with E-state index >= 15 is 0 Å². The third-order valence-corrected chi connectivity index (χ3v) is 7.98. The molecule has 2 aromatic rings. The van der Waals surface area contributed by atoms with E-state index in [4.69, 9.17) is 0 Å². The predicted octanol–water partition coefficient (Wildman–Crippen LogP) is 1.13. The zero-order valence-electron chi connectivity index (χ0n) is 18.3. The second-order valence-corrected chi connectivity index (χ2v) is 10.1. The minimum atomic E-state index is -3.52. The summed E-state index contributed by atoms with van der Waals surface area (Å²) >= 11 is 0. The molecule has 2 N–H and O–H groups in total. The van der Waals surface area contributed by atoms with E-state index < -0.39 is 10.0 Å². The molecule has 0 bridgehead atoms. The number of quaternary nitrogens is 1. The first-order chi connectivity index (χ1) is 14.2. The topological polar surface area (TPSA) is 70.9 Å². The quantitative estimate of drug-likeness (QED) is 0.722. The van der Waals surface area contributed by atoms with Gasteiger partial charge in [-0.15, -0.1) is 0 Å². The number of piperazine rings is 1. The average molecular weight is 431 g/mol. The van der Waals surface area contributed by atoms with Crippen molar-refractivity contribution in [1.29, 1.82) is 0 Å². The molecule has 1 fully saturated rings. The summed E-state index contributed by atoms with van der Waals surface area (Å²) in [6, 6.07) is 11.8. The number of carbonyl (C=O) groups is 1. The van der Waals surface area contributed by atoms with Crippen LogP contribution in [0.5, 0.6) is 0 Å². The summed E-state index contributed by atoms with van der Waals surface area (Å²) in [5, 5.41) is 2.98. The van der Waals surface area contributed by atoms with Gasteiger partial charge in [-0.05, 0) is 49.9 Å². The summed E-state index contributed by atoms with van der Waals surface area (Å²) in [6.07, 6.45) is 0. The Hall–Kier alpha value is -2.22. The number of amides is 1. The van der Waals surface area contributed by atoms with Crippen LogP contribution < -0.4 is 10.2 Å². The third-order valence-electron chi connectivity index (χ3n) is 5.78. The summed E-state index contributed by atoms with van der Waals surface area (Å²) in [5.74, 6) is -0.00483. The zero-order valence-corrected chi connectivity index (χ0v) is 19.1. The van der Waals surface area contributed by atoms with Gasteiger partial charge in [0.05, 0.1) is 31.1 Å². The second-order valence-electron chi connectivity index (χ2n) is 8.26. The molecule has 0 aliphatic carbocycles. The van der Waals surface area contributed by atoms with Gasteiger partial charge in [0.15, 0.2) is 6.54 Å². The minimum absolute atomic E-state index is 0.00483. The number of rotatable bonds is 6. The van der Waals surface area contributed by atoms with Crippen molar-refractivity contribution in [1.82, 2.24) is 9.62 Å². The first-order valence-electron chi connectivity index (χ1n) is 10.4. The Bertz CT molecular complexity index is 1000. The molecule has 0 radical (unpaired) electrons. The van der Waals surface area contributed by atoms with Crippen molar-refractivity contribution >= 4 is 15.9 Å². The normalized spacial score (nSPS) is 15.9. The van der Waals surface area contributed by atoms with Crippen LogP contribution in [0, 0.1) is 27.7 Å². The van der Waals surface area contributed by atoms with Gasteiger partial charge in [-0.2, -0.15) is 4.31 Å². The number of hydrogen-bond acceptors (Lipinski definition) is 3. The van der Waals surface area contributed by atoms with E-state index in [0.29, 0.717) is 44.2 Å². The van der Waals surface area contributed by atoms with Gasteiger partial charge in [0.2, 0.25) is 10.0 Å². The third kappa shape index (κ3) is 5.09. The van der Waals surface area contributed by atoms with Crippen LogP contribution in [-0.2, 0) is 21.4 Å². The summed E-state index contributed by atoms with van der Waals surface area (Å²) in [7, 11) is -3.52. The lowest BCUT2D eigenvalue weighted by molar-refractivity contribution is -0.895. The van der Waals surface area contributed by atoms with Gasteiger partial charge in [-0.3, -0.25) is 4.79 Å². The number of nitrogens with zero attached hydrogens (tertiary/aromatic N) is 1. The first kappa shape index (κ1) is 22.5. The van der Waals surface area contributed by atoms with Crippen molar-refractivity contribution in [3.8, 4) is 0 Å². The SMILES string of the molecule is Cc1cc(C)c(S(=O)(=O)N2CC[NH+](CC(=O)NCc3ccccc3C)CC2)c(C)c1. The molecular weight excluding hydrogens is 398 g/mol. The molecule has 0 spiro atoms. The Morgan fingerprint density at radius 1 is 1.00 bits per heavy atom. The maximum atomic E-state index is 13.2. The van der Waals surface area contributed by atoms with Crippen LogP contribution in [0.25, 0.3) is 0 Å². The van der Waals surface area contributed by atoms with Crippen molar-refractivity contribution in [2.75, 3.05) is 32.7 Å². The van der Waals surface area contributed by atoms with Gasteiger partial charge < -0.3 is 10.2 Å². The Morgan fingerprint density at radius 3 is 2.20 bits per heavy atom. The van der Waals surface area contributed by atoms with Crippen molar-refractivity contribution < 1.29 is 18.1 Å². The van der Waals surface area contributed by atoms with Gasteiger partial charge in [-0.1, -0.05) is 42.0 Å². The molecule has 1 saturated heterocycles. The highest BCUT2D eigenvalue weighted by Crippen LogP contribution is 2.25. The monoisotopic (exact) mass is 430 g/mol. The van der Waals surface area contributed by atoms with Crippen LogP contribution in [0.4, 0.5) is 0 Å². The van der Waals surface area contributed by atoms with E-state index in [9.17, 15) is 13.2 Å². The highest BCUT2D eigenvalue weighted by molar-refractivity contribution is 7.89. The lowest BCUT2D eigenvalue weighted by Crippen LogP contribution is -3.15. The largest absolute Gasteiger partial charge is 0.347 e. The molecule has 0 saturated carbocycles. The fourth-order valence-electron chi connectivity index (χ4n) is 4.21.